The zero-order valence-corrected chi connectivity index (χ0v) is 22.9. The van der Waals surface area contributed by atoms with E-state index in [9.17, 15) is 14.0 Å². The standard InChI is InChI=1S/C32H37FN2O2S/c1-24-12-14-27(15-13-24)22-38-23-31(36)35(21-26-16-18-28(33)19-17-26)30(20-25-8-4-2-5-9-25)32(37)34-29-10-6-3-7-11-29/h2,4-5,8-9,12-19,29-30H,3,6-7,10-11,20-23H2,1H3,(H,34,37)/t30-/m1/s1. The van der Waals surface area contributed by atoms with E-state index in [2.05, 4.69) is 36.5 Å². The maximum Gasteiger partial charge on any atom is 0.243 e. The lowest BCUT2D eigenvalue weighted by Gasteiger charge is -2.33. The Balaban J connectivity index is 1.55. The first-order chi connectivity index (χ1) is 18.5. The van der Waals surface area contributed by atoms with E-state index < -0.39 is 6.04 Å². The van der Waals surface area contributed by atoms with E-state index in [1.165, 1.54) is 24.1 Å². The SMILES string of the molecule is Cc1ccc(CSCC(=O)N(Cc2ccc(F)cc2)[C@H](Cc2ccccc2)C(=O)NC2CCCCC2)cc1. The normalized spacial score (nSPS) is 14.6. The van der Waals surface area contributed by atoms with Crippen molar-refractivity contribution in [1.29, 1.82) is 0 Å². The van der Waals surface area contributed by atoms with Crippen LogP contribution in [-0.2, 0) is 28.3 Å². The van der Waals surface area contributed by atoms with Gasteiger partial charge >= 0.3 is 0 Å². The Hall–Kier alpha value is -3.12. The number of amides is 2. The van der Waals surface area contributed by atoms with Crippen molar-refractivity contribution in [2.24, 2.45) is 0 Å². The van der Waals surface area contributed by atoms with Gasteiger partial charge in [-0.3, -0.25) is 9.59 Å². The fraction of sp³-hybridized carbons (Fsp3) is 0.375. The first-order valence-corrected chi connectivity index (χ1v) is 14.6. The summed E-state index contributed by atoms with van der Waals surface area (Å²) in [7, 11) is 0. The number of halogens is 1. The van der Waals surface area contributed by atoms with Gasteiger partial charge in [0.1, 0.15) is 11.9 Å². The summed E-state index contributed by atoms with van der Waals surface area (Å²) >= 11 is 1.55. The molecule has 1 saturated carbocycles. The summed E-state index contributed by atoms with van der Waals surface area (Å²) in [6.45, 7) is 2.30. The van der Waals surface area contributed by atoms with Gasteiger partial charge in [-0.25, -0.2) is 4.39 Å². The third-order valence-corrected chi connectivity index (χ3v) is 8.09. The average molecular weight is 533 g/mol. The van der Waals surface area contributed by atoms with Crippen LogP contribution in [-0.4, -0.2) is 34.6 Å². The third kappa shape index (κ3) is 8.45. The Labute approximate surface area is 230 Å². The molecule has 1 aliphatic rings. The van der Waals surface area contributed by atoms with Gasteiger partial charge in [-0.1, -0.05) is 91.6 Å². The van der Waals surface area contributed by atoms with Gasteiger partial charge in [0.15, 0.2) is 0 Å². The Bertz CT molecular complexity index is 1160. The topological polar surface area (TPSA) is 49.4 Å². The predicted molar refractivity (Wildman–Crippen MR) is 153 cm³/mol. The zero-order valence-electron chi connectivity index (χ0n) is 22.1. The fourth-order valence-corrected chi connectivity index (χ4v) is 5.78. The van der Waals surface area contributed by atoms with Gasteiger partial charge in [0, 0.05) is 24.8 Å². The van der Waals surface area contributed by atoms with Gasteiger partial charge in [-0.15, -0.1) is 11.8 Å². The van der Waals surface area contributed by atoms with E-state index in [-0.39, 0.29) is 36.0 Å². The van der Waals surface area contributed by atoms with Gasteiger partial charge in [0.05, 0.1) is 5.75 Å². The molecule has 4 nitrogen and oxygen atoms in total. The van der Waals surface area contributed by atoms with E-state index in [1.54, 1.807) is 28.8 Å². The lowest BCUT2D eigenvalue weighted by molar-refractivity contribution is -0.139. The number of hydrogen-bond donors (Lipinski definition) is 1. The number of nitrogens with one attached hydrogen (secondary N) is 1. The summed E-state index contributed by atoms with van der Waals surface area (Å²) in [4.78, 5) is 29.2. The van der Waals surface area contributed by atoms with Crippen LogP contribution in [0.15, 0.2) is 78.9 Å². The molecule has 0 saturated heterocycles. The lowest BCUT2D eigenvalue weighted by atomic mass is 9.94. The van der Waals surface area contributed by atoms with Crippen molar-refractivity contribution in [2.75, 3.05) is 5.75 Å². The molecule has 38 heavy (non-hydrogen) atoms. The molecule has 3 aromatic rings. The summed E-state index contributed by atoms with van der Waals surface area (Å²) in [5.41, 5.74) is 4.16. The van der Waals surface area contributed by atoms with Crippen LogP contribution in [0.2, 0.25) is 0 Å². The van der Waals surface area contributed by atoms with Crippen LogP contribution in [0.1, 0.15) is 54.4 Å². The van der Waals surface area contributed by atoms with Crippen LogP contribution in [0.3, 0.4) is 0 Å². The van der Waals surface area contributed by atoms with Crippen LogP contribution < -0.4 is 5.32 Å². The molecule has 4 rings (SSSR count). The molecule has 0 unspecified atom stereocenters. The highest BCUT2D eigenvalue weighted by Gasteiger charge is 2.31. The summed E-state index contributed by atoms with van der Waals surface area (Å²) in [5, 5.41) is 3.26. The quantitative estimate of drug-likeness (QED) is 0.309. The zero-order chi connectivity index (χ0) is 26.7. The van der Waals surface area contributed by atoms with Gasteiger partial charge in [-0.05, 0) is 48.6 Å². The average Bonchev–Trinajstić information content (AvgIpc) is 2.94. The smallest absolute Gasteiger partial charge is 0.243 e. The summed E-state index contributed by atoms with van der Waals surface area (Å²) in [6, 6.07) is 23.8. The van der Waals surface area contributed by atoms with Crippen molar-refractivity contribution >= 4 is 23.6 Å². The molecule has 3 aromatic carbocycles. The number of nitrogens with zero attached hydrogens (tertiary/aromatic N) is 1. The molecular weight excluding hydrogens is 495 g/mol. The van der Waals surface area contributed by atoms with Crippen molar-refractivity contribution in [3.8, 4) is 0 Å². The van der Waals surface area contributed by atoms with Crippen molar-refractivity contribution < 1.29 is 14.0 Å². The van der Waals surface area contributed by atoms with Gasteiger partial charge in [-0.2, -0.15) is 0 Å². The second-order valence-electron chi connectivity index (χ2n) is 10.2. The number of aryl methyl sites for hydroxylation is 1. The molecule has 0 radical (unpaired) electrons. The molecular formula is C32H37FN2O2S. The van der Waals surface area contributed by atoms with E-state index in [0.29, 0.717) is 12.2 Å². The second kappa shape index (κ2) is 14.1. The maximum atomic E-state index is 13.8. The van der Waals surface area contributed by atoms with E-state index >= 15 is 0 Å². The first-order valence-electron chi connectivity index (χ1n) is 13.5. The minimum absolute atomic E-state index is 0.0915. The van der Waals surface area contributed by atoms with Crippen LogP contribution in [0.5, 0.6) is 0 Å². The van der Waals surface area contributed by atoms with Crippen LogP contribution in [0, 0.1) is 12.7 Å². The number of rotatable bonds is 11. The fourth-order valence-electron chi connectivity index (χ4n) is 4.91. The summed E-state index contributed by atoms with van der Waals surface area (Å²) in [5.74, 6) is 0.451. The van der Waals surface area contributed by atoms with Crippen molar-refractivity contribution in [3.05, 3.63) is 107 Å². The van der Waals surface area contributed by atoms with E-state index in [4.69, 9.17) is 0 Å². The molecule has 6 heteroatoms. The summed E-state index contributed by atoms with van der Waals surface area (Å²) in [6.07, 6.45) is 5.80. The largest absolute Gasteiger partial charge is 0.352 e. The monoisotopic (exact) mass is 532 g/mol. The van der Waals surface area contributed by atoms with E-state index in [0.717, 1.165) is 42.4 Å². The molecule has 1 atom stereocenters. The van der Waals surface area contributed by atoms with Gasteiger partial charge < -0.3 is 10.2 Å². The predicted octanol–water partition coefficient (Wildman–Crippen LogP) is 6.46. The molecule has 0 aromatic heterocycles. The highest BCUT2D eigenvalue weighted by atomic mass is 32.2. The highest BCUT2D eigenvalue weighted by molar-refractivity contribution is 7.99. The Morgan fingerprint density at radius 1 is 0.895 bits per heavy atom. The lowest BCUT2D eigenvalue weighted by Crippen LogP contribution is -2.53. The summed E-state index contributed by atoms with van der Waals surface area (Å²) < 4.78 is 13.6. The first kappa shape index (κ1) is 27.9. The van der Waals surface area contributed by atoms with E-state index in [1.807, 2.05) is 30.3 Å². The number of thioether (sulfide) groups is 1. The second-order valence-corrected chi connectivity index (χ2v) is 11.2. The third-order valence-electron chi connectivity index (χ3n) is 7.10. The molecule has 2 amide bonds. The van der Waals surface area contributed by atoms with Crippen LogP contribution in [0.25, 0.3) is 0 Å². The number of benzene rings is 3. The molecule has 0 aliphatic heterocycles. The van der Waals surface area contributed by atoms with Crippen LogP contribution >= 0.6 is 11.8 Å². The Morgan fingerprint density at radius 2 is 1.55 bits per heavy atom. The number of hydrogen-bond acceptors (Lipinski definition) is 3. The van der Waals surface area contributed by atoms with Crippen molar-refractivity contribution in [3.63, 3.8) is 0 Å². The molecule has 1 fully saturated rings. The molecule has 0 spiro atoms. The Morgan fingerprint density at radius 3 is 2.24 bits per heavy atom. The van der Waals surface area contributed by atoms with Gasteiger partial charge in [0.2, 0.25) is 11.8 Å². The minimum atomic E-state index is -0.656. The molecule has 0 bridgehead atoms. The maximum absolute atomic E-state index is 13.8. The molecule has 1 aliphatic carbocycles. The van der Waals surface area contributed by atoms with Crippen molar-refractivity contribution in [1.82, 2.24) is 10.2 Å². The molecule has 200 valence electrons. The number of carbonyl (C=O) groups excluding carboxylic acids is 2. The van der Waals surface area contributed by atoms with Gasteiger partial charge in [0.25, 0.3) is 0 Å². The minimum Gasteiger partial charge on any atom is -0.352 e. The molecule has 1 N–H and O–H groups in total. The Kier molecular flexibility index (Phi) is 10.4. The highest BCUT2D eigenvalue weighted by Crippen LogP contribution is 2.21. The van der Waals surface area contributed by atoms with Crippen LogP contribution in [0.4, 0.5) is 4.39 Å². The molecule has 0 heterocycles. The van der Waals surface area contributed by atoms with Crippen molar-refractivity contribution in [2.45, 2.75) is 69.8 Å². The number of carbonyl (C=O) groups is 2.